The fraction of sp³-hybridized carbons (Fsp3) is 0.227. The van der Waals surface area contributed by atoms with Crippen molar-refractivity contribution in [2.45, 2.75) is 19.9 Å². The molecule has 2 amide bonds. The Balaban J connectivity index is 2.07. The summed E-state index contributed by atoms with van der Waals surface area (Å²) in [4.78, 5) is 38.8. The van der Waals surface area contributed by atoms with Crippen LogP contribution in [0.2, 0.25) is 5.02 Å². The van der Waals surface area contributed by atoms with Crippen LogP contribution in [0.15, 0.2) is 59.8 Å². The first-order chi connectivity index (χ1) is 14.4. The molecule has 1 aliphatic heterocycles. The number of rotatable bonds is 5. The number of anilines is 1. The van der Waals surface area contributed by atoms with Crippen molar-refractivity contribution in [1.29, 1.82) is 0 Å². The summed E-state index contributed by atoms with van der Waals surface area (Å²) in [6.45, 7) is 3.60. The highest BCUT2D eigenvalue weighted by molar-refractivity contribution is 6.30. The molecule has 1 heterocycles. The number of esters is 2. The van der Waals surface area contributed by atoms with Gasteiger partial charge in [-0.15, -0.1) is 0 Å². The van der Waals surface area contributed by atoms with Crippen LogP contribution in [-0.2, 0) is 14.3 Å². The van der Waals surface area contributed by atoms with E-state index in [1.165, 1.54) is 12.0 Å². The molecule has 0 spiro atoms. The number of urea groups is 1. The first-order valence-electron chi connectivity index (χ1n) is 9.29. The van der Waals surface area contributed by atoms with Crippen LogP contribution < -0.4 is 10.2 Å². The van der Waals surface area contributed by atoms with Crippen molar-refractivity contribution in [1.82, 2.24) is 5.32 Å². The highest BCUT2D eigenvalue weighted by Crippen LogP contribution is 2.34. The molecule has 1 N–H and O–H groups in total. The van der Waals surface area contributed by atoms with Crippen molar-refractivity contribution in [3.8, 4) is 0 Å². The fourth-order valence-electron chi connectivity index (χ4n) is 3.30. The molecule has 1 atom stereocenters. The first kappa shape index (κ1) is 21.4. The second kappa shape index (κ2) is 9.00. The SMILES string of the molecule is CCOC(=O)C1=C(C)N(c2ccc(Cl)cc2)C(=O)NC1c1ccc(C(=O)OC)cc1. The number of nitrogens with one attached hydrogen (secondary N) is 1. The Labute approximate surface area is 179 Å². The predicted octanol–water partition coefficient (Wildman–Crippen LogP) is 4.23. The maximum atomic E-state index is 12.9. The third-order valence-corrected chi connectivity index (χ3v) is 4.98. The minimum absolute atomic E-state index is 0.193. The van der Waals surface area contributed by atoms with Gasteiger partial charge in [-0.2, -0.15) is 0 Å². The number of hydrogen-bond acceptors (Lipinski definition) is 5. The van der Waals surface area contributed by atoms with Gasteiger partial charge < -0.3 is 14.8 Å². The van der Waals surface area contributed by atoms with E-state index in [4.69, 9.17) is 21.1 Å². The third-order valence-electron chi connectivity index (χ3n) is 4.73. The number of nitrogens with zero attached hydrogens (tertiary/aromatic N) is 1. The van der Waals surface area contributed by atoms with Crippen LogP contribution in [0.1, 0.15) is 35.8 Å². The highest BCUT2D eigenvalue weighted by Gasteiger charge is 2.37. The molecule has 0 fully saturated rings. The molecule has 156 valence electrons. The molecule has 30 heavy (non-hydrogen) atoms. The number of amides is 2. The van der Waals surface area contributed by atoms with E-state index < -0.39 is 24.0 Å². The van der Waals surface area contributed by atoms with Gasteiger partial charge in [-0.1, -0.05) is 23.7 Å². The van der Waals surface area contributed by atoms with Gasteiger partial charge >= 0.3 is 18.0 Å². The molecule has 0 bridgehead atoms. The fourth-order valence-corrected chi connectivity index (χ4v) is 3.42. The van der Waals surface area contributed by atoms with Crippen molar-refractivity contribution in [2.24, 2.45) is 0 Å². The van der Waals surface area contributed by atoms with Gasteiger partial charge in [0.25, 0.3) is 0 Å². The maximum absolute atomic E-state index is 12.9. The molecular weight excluding hydrogens is 408 g/mol. The summed E-state index contributed by atoms with van der Waals surface area (Å²) < 4.78 is 9.96. The standard InChI is InChI=1S/C22H21ClN2O5/c1-4-30-21(27)18-13(2)25(17-11-9-16(23)10-12-17)22(28)24-19(18)14-5-7-15(8-6-14)20(26)29-3/h5-12,19H,4H2,1-3H3,(H,24,28). The lowest BCUT2D eigenvalue weighted by molar-refractivity contribution is -0.139. The van der Waals surface area contributed by atoms with Crippen molar-refractivity contribution in [3.05, 3.63) is 76.0 Å². The monoisotopic (exact) mass is 428 g/mol. The van der Waals surface area contributed by atoms with Crippen molar-refractivity contribution in [2.75, 3.05) is 18.6 Å². The van der Waals surface area contributed by atoms with Crippen molar-refractivity contribution in [3.63, 3.8) is 0 Å². The Morgan fingerprint density at radius 2 is 1.70 bits per heavy atom. The van der Waals surface area contributed by atoms with Gasteiger partial charge in [-0.25, -0.2) is 14.4 Å². The van der Waals surface area contributed by atoms with Gasteiger partial charge in [-0.05, 0) is 55.8 Å². The maximum Gasteiger partial charge on any atom is 0.338 e. The molecule has 2 aromatic carbocycles. The molecule has 0 saturated carbocycles. The minimum Gasteiger partial charge on any atom is -0.465 e. The topological polar surface area (TPSA) is 84.9 Å². The van der Waals surface area contributed by atoms with Crippen LogP contribution >= 0.6 is 11.6 Å². The van der Waals surface area contributed by atoms with E-state index in [9.17, 15) is 14.4 Å². The molecule has 8 heteroatoms. The summed E-state index contributed by atoms with van der Waals surface area (Å²) in [5.41, 5.74) is 2.31. The van der Waals surface area contributed by atoms with Crippen LogP contribution in [0.5, 0.6) is 0 Å². The molecule has 7 nitrogen and oxygen atoms in total. The van der Waals surface area contributed by atoms with E-state index in [0.29, 0.717) is 33.1 Å². The number of methoxy groups -OCH3 is 1. The molecule has 0 saturated heterocycles. The molecule has 1 unspecified atom stereocenters. The molecule has 2 aromatic rings. The summed E-state index contributed by atoms with van der Waals surface area (Å²) in [6.07, 6.45) is 0. The molecular formula is C22H21ClN2O5. The number of hydrogen-bond donors (Lipinski definition) is 1. The Morgan fingerprint density at radius 1 is 1.07 bits per heavy atom. The van der Waals surface area contributed by atoms with Crippen LogP contribution in [0.4, 0.5) is 10.5 Å². The largest absolute Gasteiger partial charge is 0.465 e. The Kier molecular flexibility index (Phi) is 6.42. The van der Waals surface area contributed by atoms with Gasteiger partial charge in [0.05, 0.1) is 36.6 Å². The average Bonchev–Trinajstić information content (AvgIpc) is 2.74. The number of benzene rings is 2. The van der Waals surface area contributed by atoms with Gasteiger partial charge in [0, 0.05) is 10.7 Å². The number of carbonyl (C=O) groups is 3. The van der Waals surface area contributed by atoms with Crippen molar-refractivity contribution < 1.29 is 23.9 Å². The average molecular weight is 429 g/mol. The van der Waals surface area contributed by atoms with Crippen LogP contribution in [0.25, 0.3) is 0 Å². The minimum atomic E-state index is -0.730. The van der Waals surface area contributed by atoms with Crippen LogP contribution in [0, 0.1) is 0 Å². The summed E-state index contributed by atoms with van der Waals surface area (Å²) in [6, 6.07) is 12.1. The molecule has 0 radical (unpaired) electrons. The lowest BCUT2D eigenvalue weighted by atomic mass is 9.94. The van der Waals surface area contributed by atoms with Gasteiger partial charge in [-0.3, -0.25) is 4.90 Å². The van der Waals surface area contributed by atoms with E-state index in [1.807, 2.05) is 0 Å². The zero-order valence-electron chi connectivity index (χ0n) is 16.8. The van der Waals surface area contributed by atoms with Crippen LogP contribution in [0.3, 0.4) is 0 Å². The quantitative estimate of drug-likeness (QED) is 0.720. The lowest BCUT2D eigenvalue weighted by Gasteiger charge is -2.35. The van der Waals surface area contributed by atoms with E-state index >= 15 is 0 Å². The smallest absolute Gasteiger partial charge is 0.338 e. The van der Waals surface area contributed by atoms with E-state index in [-0.39, 0.29) is 6.61 Å². The van der Waals surface area contributed by atoms with Crippen molar-refractivity contribution >= 4 is 35.3 Å². The zero-order chi connectivity index (χ0) is 21.8. The summed E-state index contributed by atoms with van der Waals surface area (Å²) >= 11 is 5.95. The first-order valence-corrected chi connectivity index (χ1v) is 9.67. The van der Waals surface area contributed by atoms with Gasteiger partial charge in [0.15, 0.2) is 0 Å². The molecule has 3 rings (SSSR count). The number of allylic oxidation sites excluding steroid dienone is 1. The lowest BCUT2D eigenvalue weighted by Crippen LogP contribution is -2.48. The number of carbonyl (C=O) groups excluding carboxylic acids is 3. The Morgan fingerprint density at radius 3 is 2.27 bits per heavy atom. The third kappa shape index (κ3) is 4.16. The van der Waals surface area contributed by atoms with Crippen LogP contribution in [-0.4, -0.2) is 31.7 Å². The Bertz CT molecular complexity index is 999. The zero-order valence-corrected chi connectivity index (χ0v) is 17.5. The second-order valence-electron chi connectivity index (χ2n) is 6.53. The highest BCUT2D eigenvalue weighted by atomic mass is 35.5. The summed E-state index contributed by atoms with van der Waals surface area (Å²) in [5.74, 6) is -1.00. The molecule has 1 aliphatic rings. The molecule has 0 aromatic heterocycles. The Hall–Kier alpha value is -3.32. The van der Waals surface area contributed by atoms with E-state index in [2.05, 4.69) is 5.32 Å². The summed E-state index contributed by atoms with van der Waals surface area (Å²) in [5, 5.41) is 3.39. The number of ether oxygens (including phenoxy) is 2. The van der Waals surface area contributed by atoms with E-state index in [0.717, 1.165) is 0 Å². The number of halogens is 1. The van der Waals surface area contributed by atoms with E-state index in [1.54, 1.807) is 62.4 Å². The predicted molar refractivity (Wildman–Crippen MR) is 112 cm³/mol. The normalized spacial score (nSPS) is 16.2. The second-order valence-corrected chi connectivity index (χ2v) is 6.96. The molecule has 0 aliphatic carbocycles. The van der Waals surface area contributed by atoms with Gasteiger partial charge in [0.2, 0.25) is 0 Å². The van der Waals surface area contributed by atoms with Gasteiger partial charge in [0.1, 0.15) is 0 Å². The summed E-state index contributed by atoms with van der Waals surface area (Å²) in [7, 11) is 1.30.